The van der Waals surface area contributed by atoms with Gasteiger partial charge < -0.3 is 14.8 Å². The number of anilines is 2. The number of rotatable bonds is 2. The summed E-state index contributed by atoms with van der Waals surface area (Å²) in [7, 11) is 0. The molecule has 1 aromatic heterocycles. The topological polar surface area (TPSA) is 96.2 Å². The van der Waals surface area contributed by atoms with Gasteiger partial charge in [-0.05, 0) is 12.1 Å². The third-order valence-electron chi connectivity index (χ3n) is 2.44. The van der Waals surface area contributed by atoms with Crippen molar-refractivity contribution in [1.29, 1.82) is 0 Å². The Morgan fingerprint density at radius 1 is 1.05 bits per heavy atom. The molecule has 3 rings (SSSR count). The molecule has 104 valence electrons. The fourth-order valence-corrected chi connectivity index (χ4v) is 1.72. The zero-order valence-electron chi connectivity index (χ0n) is 9.70. The van der Waals surface area contributed by atoms with Crippen LogP contribution in [0.25, 0.3) is 0 Å². The maximum Gasteiger partial charge on any atom is 0.586 e. The molecular formula is C11H7F2N3O4. The van der Waals surface area contributed by atoms with E-state index in [0.717, 1.165) is 6.07 Å². The fraction of sp³-hybridized carbons (Fsp3) is 0.0909. The molecule has 2 heterocycles. The van der Waals surface area contributed by atoms with Crippen LogP contribution in [0.2, 0.25) is 0 Å². The molecule has 7 nitrogen and oxygen atoms in total. The molecule has 0 radical (unpaired) electrons. The Morgan fingerprint density at radius 3 is 2.55 bits per heavy atom. The largest absolute Gasteiger partial charge is 0.586 e. The Labute approximate surface area is 109 Å². The number of hydrogen-bond acceptors (Lipinski definition) is 5. The molecule has 3 N–H and O–H groups in total. The molecule has 0 atom stereocenters. The molecule has 20 heavy (non-hydrogen) atoms. The Bertz CT molecular complexity index is 755. The molecular weight excluding hydrogens is 276 g/mol. The van der Waals surface area contributed by atoms with Gasteiger partial charge in [0.15, 0.2) is 11.5 Å². The Morgan fingerprint density at radius 2 is 1.80 bits per heavy atom. The molecule has 0 saturated heterocycles. The number of aromatic nitrogens is 2. The summed E-state index contributed by atoms with van der Waals surface area (Å²) >= 11 is 0. The highest BCUT2D eigenvalue weighted by Gasteiger charge is 2.43. The van der Waals surface area contributed by atoms with Crippen LogP contribution in [-0.2, 0) is 0 Å². The third kappa shape index (κ3) is 2.32. The summed E-state index contributed by atoms with van der Waals surface area (Å²) in [6, 6.07) is 5.09. The van der Waals surface area contributed by atoms with Gasteiger partial charge in [0.25, 0.3) is 5.56 Å². The molecule has 2 aromatic rings. The van der Waals surface area contributed by atoms with Crippen molar-refractivity contribution in [1.82, 2.24) is 9.97 Å². The predicted octanol–water partition coefficient (Wildman–Crippen LogP) is 1.13. The predicted molar refractivity (Wildman–Crippen MR) is 63.6 cm³/mol. The molecule has 0 aliphatic carbocycles. The van der Waals surface area contributed by atoms with Crippen LogP contribution in [0, 0.1) is 0 Å². The maximum absolute atomic E-state index is 12.8. The zero-order valence-corrected chi connectivity index (χ0v) is 9.70. The summed E-state index contributed by atoms with van der Waals surface area (Å²) < 4.78 is 34.2. The SMILES string of the molecule is O=c1cc(Nc2ccc3c(c2)OC(F)(F)O3)[nH]c(=O)[nH]1. The first-order valence-corrected chi connectivity index (χ1v) is 5.42. The first-order chi connectivity index (χ1) is 9.41. The van der Waals surface area contributed by atoms with E-state index in [4.69, 9.17) is 0 Å². The van der Waals surface area contributed by atoms with Gasteiger partial charge in [0.2, 0.25) is 0 Å². The molecule has 0 bridgehead atoms. The van der Waals surface area contributed by atoms with Crippen LogP contribution in [0.3, 0.4) is 0 Å². The highest BCUT2D eigenvalue weighted by Crippen LogP contribution is 2.42. The number of benzene rings is 1. The average Bonchev–Trinajstić information content (AvgIpc) is 2.60. The minimum absolute atomic E-state index is 0.0973. The van der Waals surface area contributed by atoms with Crippen LogP contribution in [0.1, 0.15) is 0 Å². The monoisotopic (exact) mass is 283 g/mol. The minimum Gasteiger partial charge on any atom is -0.395 e. The van der Waals surface area contributed by atoms with E-state index < -0.39 is 17.5 Å². The zero-order chi connectivity index (χ0) is 14.3. The summed E-state index contributed by atoms with van der Waals surface area (Å²) in [5.74, 6) is -0.128. The number of fused-ring (bicyclic) bond motifs is 1. The van der Waals surface area contributed by atoms with Crippen molar-refractivity contribution in [3.05, 3.63) is 45.1 Å². The van der Waals surface area contributed by atoms with E-state index in [0.29, 0.717) is 5.69 Å². The average molecular weight is 283 g/mol. The molecule has 0 fully saturated rings. The van der Waals surface area contributed by atoms with Crippen molar-refractivity contribution in [2.75, 3.05) is 5.32 Å². The fourth-order valence-electron chi connectivity index (χ4n) is 1.72. The van der Waals surface area contributed by atoms with Gasteiger partial charge >= 0.3 is 12.0 Å². The number of ether oxygens (including phenoxy) is 2. The van der Waals surface area contributed by atoms with E-state index in [1.54, 1.807) is 0 Å². The van der Waals surface area contributed by atoms with Gasteiger partial charge in [-0.2, -0.15) is 0 Å². The summed E-state index contributed by atoms with van der Waals surface area (Å²) in [5, 5.41) is 2.69. The molecule has 0 spiro atoms. The van der Waals surface area contributed by atoms with Crippen molar-refractivity contribution in [3.63, 3.8) is 0 Å². The highest BCUT2D eigenvalue weighted by molar-refractivity contribution is 5.61. The van der Waals surface area contributed by atoms with Crippen LogP contribution in [0.4, 0.5) is 20.3 Å². The number of halogens is 2. The van der Waals surface area contributed by atoms with Crippen LogP contribution in [-0.4, -0.2) is 16.3 Å². The quantitative estimate of drug-likeness (QED) is 0.767. The van der Waals surface area contributed by atoms with Gasteiger partial charge in [-0.1, -0.05) is 0 Å². The minimum atomic E-state index is -3.70. The smallest absolute Gasteiger partial charge is 0.395 e. The molecule has 1 aromatic carbocycles. The Kier molecular flexibility index (Phi) is 2.49. The first-order valence-electron chi connectivity index (χ1n) is 5.42. The third-order valence-corrected chi connectivity index (χ3v) is 2.44. The highest BCUT2D eigenvalue weighted by atomic mass is 19.3. The molecule has 0 amide bonds. The van der Waals surface area contributed by atoms with E-state index in [-0.39, 0.29) is 17.3 Å². The Hall–Kier alpha value is -2.84. The summed E-state index contributed by atoms with van der Waals surface area (Å²) in [6.45, 7) is 0. The second kappa shape index (κ2) is 4.08. The van der Waals surface area contributed by atoms with Crippen molar-refractivity contribution in [2.45, 2.75) is 6.29 Å². The number of nitrogens with one attached hydrogen (secondary N) is 3. The second-order valence-electron chi connectivity index (χ2n) is 3.96. The summed E-state index contributed by atoms with van der Waals surface area (Å²) in [4.78, 5) is 26.5. The van der Waals surface area contributed by atoms with Gasteiger partial charge in [-0.3, -0.25) is 14.8 Å². The lowest BCUT2D eigenvalue weighted by Gasteiger charge is -2.06. The molecule has 0 unspecified atom stereocenters. The van der Waals surface area contributed by atoms with Crippen molar-refractivity contribution in [3.8, 4) is 11.5 Å². The standard InChI is InChI=1S/C11H7F2N3O4/c12-11(13)19-6-2-1-5(3-7(6)20-11)14-8-4-9(17)16-10(18)15-8/h1-4H,(H3,14,15,16,17,18). The Balaban J connectivity index is 1.90. The lowest BCUT2D eigenvalue weighted by atomic mass is 10.3. The lowest BCUT2D eigenvalue weighted by Crippen LogP contribution is -2.25. The molecule has 0 saturated carbocycles. The van der Waals surface area contributed by atoms with Crippen LogP contribution < -0.4 is 26.0 Å². The summed E-state index contributed by atoms with van der Waals surface area (Å²) in [6.07, 6.45) is -3.70. The van der Waals surface area contributed by atoms with Crippen LogP contribution in [0.15, 0.2) is 33.9 Å². The number of alkyl halides is 2. The first kappa shape index (κ1) is 12.2. The van der Waals surface area contributed by atoms with E-state index in [9.17, 15) is 18.4 Å². The molecule has 1 aliphatic rings. The van der Waals surface area contributed by atoms with Gasteiger partial charge in [0.05, 0.1) is 0 Å². The van der Waals surface area contributed by atoms with Crippen molar-refractivity contribution < 1.29 is 18.3 Å². The van der Waals surface area contributed by atoms with E-state index >= 15 is 0 Å². The van der Waals surface area contributed by atoms with Crippen molar-refractivity contribution in [2.24, 2.45) is 0 Å². The maximum atomic E-state index is 12.8. The molecule has 1 aliphatic heterocycles. The second-order valence-corrected chi connectivity index (χ2v) is 3.96. The van der Waals surface area contributed by atoms with E-state index in [1.807, 2.05) is 4.98 Å². The van der Waals surface area contributed by atoms with E-state index in [2.05, 4.69) is 19.8 Å². The van der Waals surface area contributed by atoms with E-state index in [1.165, 1.54) is 18.2 Å². The van der Waals surface area contributed by atoms with Gasteiger partial charge in [-0.15, -0.1) is 8.78 Å². The van der Waals surface area contributed by atoms with Crippen LogP contribution in [0.5, 0.6) is 11.5 Å². The van der Waals surface area contributed by atoms with Crippen molar-refractivity contribution >= 4 is 11.5 Å². The van der Waals surface area contributed by atoms with Gasteiger partial charge in [0.1, 0.15) is 5.82 Å². The van der Waals surface area contributed by atoms with Crippen LogP contribution >= 0.6 is 0 Å². The number of hydrogen-bond donors (Lipinski definition) is 3. The molecule has 9 heteroatoms. The van der Waals surface area contributed by atoms with Gasteiger partial charge in [0, 0.05) is 17.8 Å². The number of aromatic amines is 2. The lowest BCUT2D eigenvalue weighted by molar-refractivity contribution is -0.286. The summed E-state index contributed by atoms with van der Waals surface area (Å²) in [5.41, 5.74) is -0.942. The van der Waals surface area contributed by atoms with Gasteiger partial charge in [-0.25, -0.2) is 4.79 Å². The normalized spacial score (nSPS) is 15.1. The number of H-pyrrole nitrogens is 2.